The quantitative estimate of drug-likeness (QED) is 0.440. The maximum absolute atomic E-state index is 6.04. The molecule has 0 aliphatic rings. The molecule has 2 nitrogen and oxygen atoms in total. The Morgan fingerprint density at radius 1 is 0.562 bits per heavy atom. The lowest BCUT2D eigenvalue weighted by atomic mass is 9.99. The van der Waals surface area contributed by atoms with Crippen LogP contribution in [0.4, 0.5) is 11.4 Å². The van der Waals surface area contributed by atoms with Crippen molar-refractivity contribution in [2.45, 2.75) is 0 Å². The van der Waals surface area contributed by atoms with Gasteiger partial charge in [-0.1, -0.05) is 36.4 Å². The minimum atomic E-state index is 0.779. The van der Waals surface area contributed by atoms with Gasteiger partial charge in [0.1, 0.15) is 0 Å². The molecule has 0 radical (unpaired) electrons. The van der Waals surface area contributed by atoms with Gasteiger partial charge in [0.05, 0.1) is 0 Å². The number of hydrogen-bond acceptors (Lipinski definition) is 2. The Morgan fingerprint density at radius 3 is 1.44 bits per heavy atom. The number of benzene rings is 3. The number of anilines is 2. The number of hydrogen-bond donors (Lipinski definition) is 2. The van der Waals surface area contributed by atoms with Crippen LogP contribution in [-0.2, 0) is 0 Å². The minimum Gasteiger partial charge on any atom is -0.398 e. The molecule has 0 aromatic heterocycles. The van der Waals surface area contributed by atoms with Crippen LogP contribution in [0.1, 0.15) is 0 Å². The predicted octanol–water partition coefficient (Wildman–Crippen LogP) is 3.16. The highest BCUT2D eigenvalue weighted by molar-refractivity contribution is 6.17. The first kappa shape index (κ1) is 9.04. The maximum atomic E-state index is 6.04. The lowest BCUT2D eigenvalue weighted by Gasteiger charge is -2.08. The molecule has 0 saturated carbocycles. The minimum absolute atomic E-state index is 0.779. The van der Waals surface area contributed by atoms with E-state index in [1.54, 1.807) is 0 Å². The van der Waals surface area contributed by atoms with E-state index in [-0.39, 0.29) is 0 Å². The van der Waals surface area contributed by atoms with Gasteiger partial charge >= 0.3 is 0 Å². The molecule has 16 heavy (non-hydrogen) atoms. The first-order chi connectivity index (χ1) is 7.77. The average Bonchev–Trinajstić information content (AvgIpc) is 2.29. The molecule has 0 fully saturated rings. The van der Waals surface area contributed by atoms with Crippen molar-refractivity contribution in [3.8, 4) is 0 Å². The Kier molecular flexibility index (Phi) is 1.77. The average molecular weight is 208 g/mol. The van der Waals surface area contributed by atoms with E-state index >= 15 is 0 Å². The maximum Gasteiger partial charge on any atom is 0.0400 e. The summed E-state index contributed by atoms with van der Waals surface area (Å²) in [6.45, 7) is 0. The van der Waals surface area contributed by atoms with Gasteiger partial charge in [0.15, 0.2) is 0 Å². The standard InChI is InChI=1S/C14H12N2/c15-11-5-1-3-9-7-8-10-4-2-6-12(16)14(10)13(9)11/h1-8H,15-16H2. The lowest BCUT2D eigenvalue weighted by Crippen LogP contribution is -1.91. The molecule has 0 saturated heterocycles. The first-order valence-electron chi connectivity index (χ1n) is 5.23. The highest BCUT2D eigenvalue weighted by Crippen LogP contribution is 2.33. The lowest BCUT2D eigenvalue weighted by molar-refractivity contribution is 1.73. The zero-order valence-electron chi connectivity index (χ0n) is 8.77. The summed E-state index contributed by atoms with van der Waals surface area (Å²) < 4.78 is 0. The summed E-state index contributed by atoms with van der Waals surface area (Å²) in [5, 5.41) is 4.37. The molecule has 4 N–H and O–H groups in total. The third-order valence-corrected chi connectivity index (χ3v) is 2.95. The van der Waals surface area contributed by atoms with Crippen LogP contribution >= 0.6 is 0 Å². The third-order valence-electron chi connectivity index (χ3n) is 2.95. The van der Waals surface area contributed by atoms with Gasteiger partial charge in [0.2, 0.25) is 0 Å². The van der Waals surface area contributed by atoms with E-state index in [0.29, 0.717) is 0 Å². The molecule has 3 aromatic rings. The van der Waals surface area contributed by atoms with Gasteiger partial charge in [0, 0.05) is 22.1 Å². The van der Waals surface area contributed by atoms with E-state index in [0.717, 1.165) is 32.9 Å². The second kappa shape index (κ2) is 3.14. The number of nitrogens with two attached hydrogens (primary N) is 2. The summed E-state index contributed by atoms with van der Waals surface area (Å²) >= 11 is 0. The van der Waals surface area contributed by atoms with Gasteiger partial charge in [-0.05, 0) is 22.9 Å². The van der Waals surface area contributed by atoms with Crippen molar-refractivity contribution < 1.29 is 0 Å². The summed E-state index contributed by atoms with van der Waals surface area (Å²) in [6, 6.07) is 16.0. The zero-order valence-corrected chi connectivity index (χ0v) is 8.77. The summed E-state index contributed by atoms with van der Waals surface area (Å²) in [5.74, 6) is 0. The SMILES string of the molecule is Nc1cccc2ccc3cccc(N)c3c12. The van der Waals surface area contributed by atoms with Crippen LogP contribution in [0.3, 0.4) is 0 Å². The largest absolute Gasteiger partial charge is 0.398 e. The molecule has 0 atom stereocenters. The van der Waals surface area contributed by atoms with E-state index in [9.17, 15) is 0 Å². The molecule has 0 aliphatic heterocycles. The van der Waals surface area contributed by atoms with Crippen molar-refractivity contribution in [1.82, 2.24) is 0 Å². The monoisotopic (exact) mass is 208 g/mol. The topological polar surface area (TPSA) is 52.0 Å². The van der Waals surface area contributed by atoms with E-state index < -0.39 is 0 Å². The van der Waals surface area contributed by atoms with E-state index in [2.05, 4.69) is 24.3 Å². The molecule has 0 aliphatic carbocycles. The summed E-state index contributed by atoms with van der Waals surface area (Å²) in [5.41, 5.74) is 13.6. The Hall–Kier alpha value is -2.22. The van der Waals surface area contributed by atoms with Crippen molar-refractivity contribution >= 4 is 32.9 Å². The number of nitrogen functional groups attached to an aromatic ring is 2. The van der Waals surface area contributed by atoms with Crippen molar-refractivity contribution in [3.63, 3.8) is 0 Å². The van der Waals surface area contributed by atoms with Crippen LogP contribution in [0.5, 0.6) is 0 Å². The summed E-state index contributed by atoms with van der Waals surface area (Å²) in [6.07, 6.45) is 0. The fraction of sp³-hybridized carbons (Fsp3) is 0. The fourth-order valence-corrected chi connectivity index (χ4v) is 2.21. The molecule has 0 spiro atoms. The summed E-state index contributed by atoms with van der Waals surface area (Å²) in [4.78, 5) is 0. The van der Waals surface area contributed by atoms with Crippen LogP contribution in [-0.4, -0.2) is 0 Å². The van der Waals surface area contributed by atoms with Gasteiger partial charge < -0.3 is 11.5 Å². The molecule has 0 bridgehead atoms. The molecule has 3 rings (SSSR count). The highest BCUT2D eigenvalue weighted by Gasteiger charge is 2.05. The van der Waals surface area contributed by atoms with Crippen molar-refractivity contribution in [1.29, 1.82) is 0 Å². The van der Waals surface area contributed by atoms with Crippen LogP contribution in [0, 0.1) is 0 Å². The second-order valence-corrected chi connectivity index (χ2v) is 3.96. The van der Waals surface area contributed by atoms with Crippen molar-refractivity contribution in [2.75, 3.05) is 11.5 Å². The number of rotatable bonds is 0. The Morgan fingerprint density at radius 2 is 1.00 bits per heavy atom. The van der Waals surface area contributed by atoms with Crippen LogP contribution in [0.25, 0.3) is 21.5 Å². The second-order valence-electron chi connectivity index (χ2n) is 3.96. The summed E-state index contributed by atoms with van der Waals surface area (Å²) in [7, 11) is 0. The zero-order chi connectivity index (χ0) is 11.1. The van der Waals surface area contributed by atoms with Gasteiger partial charge in [-0.3, -0.25) is 0 Å². The molecule has 0 heterocycles. The molecule has 0 unspecified atom stereocenters. The van der Waals surface area contributed by atoms with Crippen molar-refractivity contribution in [2.24, 2.45) is 0 Å². The normalized spacial score (nSPS) is 11.0. The van der Waals surface area contributed by atoms with Gasteiger partial charge in [-0.25, -0.2) is 0 Å². The van der Waals surface area contributed by atoms with Gasteiger partial charge in [-0.15, -0.1) is 0 Å². The predicted molar refractivity (Wildman–Crippen MR) is 70.3 cm³/mol. The Bertz CT molecular complexity index is 626. The third kappa shape index (κ3) is 1.13. The van der Waals surface area contributed by atoms with Gasteiger partial charge in [0.25, 0.3) is 0 Å². The molecule has 78 valence electrons. The smallest absolute Gasteiger partial charge is 0.0400 e. The van der Waals surface area contributed by atoms with Gasteiger partial charge in [-0.2, -0.15) is 0 Å². The van der Waals surface area contributed by atoms with E-state index in [1.165, 1.54) is 0 Å². The Labute approximate surface area is 93.5 Å². The van der Waals surface area contributed by atoms with Crippen LogP contribution in [0.2, 0.25) is 0 Å². The van der Waals surface area contributed by atoms with E-state index in [4.69, 9.17) is 11.5 Å². The highest BCUT2D eigenvalue weighted by atomic mass is 14.6. The fourth-order valence-electron chi connectivity index (χ4n) is 2.21. The molecule has 0 amide bonds. The van der Waals surface area contributed by atoms with E-state index in [1.807, 2.05) is 24.3 Å². The molecular formula is C14H12N2. The van der Waals surface area contributed by atoms with Crippen LogP contribution < -0.4 is 11.5 Å². The first-order valence-corrected chi connectivity index (χ1v) is 5.23. The molecule has 2 heteroatoms. The Balaban J connectivity index is 2.67. The van der Waals surface area contributed by atoms with Crippen molar-refractivity contribution in [3.05, 3.63) is 48.5 Å². The van der Waals surface area contributed by atoms with Crippen LogP contribution in [0.15, 0.2) is 48.5 Å². The number of fused-ring (bicyclic) bond motifs is 3. The molecule has 3 aromatic carbocycles. The molecular weight excluding hydrogens is 196 g/mol.